The van der Waals surface area contributed by atoms with Crippen molar-refractivity contribution in [1.82, 2.24) is 0 Å². The van der Waals surface area contributed by atoms with Crippen molar-refractivity contribution in [2.75, 3.05) is 0 Å². The fourth-order valence-corrected chi connectivity index (χ4v) is 7.04. The minimum absolute atomic E-state index is 0.142. The summed E-state index contributed by atoms with van der Waals surface area (Å²) in [6, 6.07) is 4.45. The topological polar surface area (TPSA) is 57.5 Å². The van der Waals surface area contributed by atoms with Gasteiger partial charge in [-0.15, -0.1) is 0 Å². The number of carboxylic acids is 1. The van der Waals surface area contributed by atoms with Crippen molar-refractivity contribution in [3.63, 3.8) is 0 Å². The van der Waals surface area contributed by atoms with Crippen LogP contribution in [0.4, 0.5) is 0 Å². The molecule has 332 valence electrons. The van der Waals surface area contributed by atoms with Crippen LogP contribution in [0.1, 0.15) is 208 Å². The van der Waals surface area contributed by atoms with E-state index in [9.17, 15) is 15.0 Å². The summed E-state index contributed by atoms with van der Waals surface area (Å²) in [6.07, 6.45) is 44.6. The first-order valence-corrected chi connectivity index (χ1v) is 23.1. The van der Waals surface area contributed by atoms with Crippen molar-refractivity contribution in [3.8, 4) is 5.75 Å². The summed E-state index contributed by atoms with van der Waals surface area (Å²) < 4.78 is 0. The predicted molar refractivity (Wildman–Crippen MR) is 265 cm³/mol. The SMILES string of the molecule is CC(C)=CCC/C(C)=C/CC/C(C)=C/CC/C(C)=C/CC/C(C)=C/CC/C(C)=C/CC/C(C)=C/CC/C(C)=C/CC/C(C)=C/CC/C(C)=C/Cc1cc(C(=O)O)ccc1O. The summed E-state index contributed by atoms with van der Waals surface area (Å²) in [7, 11) is 0. The maximum Gasteiger partial charge on any atom is 0.335 e. The van der Waals surface area contributed by atoms with Gasteiger partial charge in [0.05, 0.1) is 5.56 Å². The molecule has 1 rings (SSSR count). The number of allylic oxidation sites excluding steroid dienone is 20. The van der Waals surface area contributed by atoms with Gasteiger partial charge in [0.2, 0.25) is 0 Å². The number of aromatic hydroxyl groups is 1. The van der Waals surface area contributed by atoms with Gasteiger partial charge in [-0.3, -0.25) is 0 Å². The zero-order valence-corrected chi connectivity index (χ0v) is 40.2. The Kier molecular flexibility index (Phi) is 29.3. The van der Waals surface area contributed by atoms with Crippen LogP contribution in [-0.2, 0) is 6.42 Å². The molecule has 0 atom stereocenters. The van der Waals surface area contributed by atoms with Crippen LogP contribution >= 0.6 is 0 Å². The Morgan fingerprint density at radius 2 is 0.650 bits per heavy atom. The molecular formula is C57H86O3. The van der Waals surface area contributed by atoms with Crippen LogP contribution < -0.4 is 0 Å². The highest BCUT2D eigenvalue weighted by molar-refractivity contribution is 5.88. The lowest BCUT2D eigenvalue weighted by Gasteiger charge is -2.05. The molecule has 0 unspecified atom stereocenters. The molecule has 0 heterocycles. The van der Waals surface area contributed by atoms with Gasteiger partial charge in [-0.25, -0.2) is 4.79 Å². The number of phenolic OH excluding ortho intramolecular Hbond substituents is 1. The highest BCUT2D eigenvalue weighted by Crippen LogP contribution is 2.22. The van der Waals surface area contributed by atoms with E-state index in [2.05, 4.69) is 137 Å². The van der Waals surface area contributed by atoms with Gasteiger partial charge >= 0.3 is 5.97 Å². The molecule has 0 spiro atoms. The molecule has 0 aliphatic heterocycles. The zero-order valence-electron chi connectivity index (χ0n) is 40.2. The van der Waals surface area contributed by atoms with E-state index in [0.29, 0.717) is 12.0 Å². The van der Waals surface area contributed by atoms with Crippen molar-refractivity contribution in [2.45, 2.75) is 198 Å². The van der Waals surface area contributed by atoms with E-state index in [1.54, 1.807) is 6.07 Å². The van der Waals surface area contributed by atoms with E-state index in [0.717, 1.165) is 96.3 Å². The Labute approximate surface area is 369 Å². The minimum Gasteiger partial charge on any atom is -0.508 e. The van der Waals surface area contributed by atoms with Gasteiger partial charge in [0.15, 0.2) is 0 Å². The minimum atomic E-state index is -0.977. The van der Waals surface area contributed by atoms with E-state index >= 15 is 0 Å². The number of aromatic carboxylic acids is 1. The Balaban J connectivity index is 2.26. The molecule has 3 heteroatoms. The molecule has 0 saturated heterocycles. The fraction of sp³-hybridized carbons (Fsp3) is 0.526. The molecule has 0 aliphatic rings. The summed E-state index contributed by atoms with van der Waals surface area (Å²) in [5, 5.41) is 19.3. The van der Waals surface area contributed by atoms with Crippen LogP contribution in [0.25, 0.3) is 0 Å². The lowest BCUT2D eigenvalue weighted by atomic mass is 10.0. The fourth-order valence-electron chi connectivity index (χ4n) is 7.04. The normalized spacial score (nSPS) is 14.3. The summed E-state index contributed by atoms with van der Waals surface area (Å²) >= 11 is 0. The number of benzene rings is 1. The Morgan fingerprint density at radius 3 is 0.900 bits per heavy atom. The number of hydrogen-bond donors (Lipinski definition) is 2. The number of carboxylic acid groups (broad SMARTS) is 1. The van der Waals surface area contributed by atoms with Gasteiger partial charge in [0, 0.05) is 0 Å². The summed E-state index contributed by atoms with van der Waals surface area (Å²) in [5.74, 6) is -0.836. The van der Waals surface area contributed by atoms with Crippen LogP contribution in [0.15, 0.2) is 135 Å². The smallest absolute Gasteiger partial charge is 0.335 e. The molecule has 0 aromatic heterocycles. The van der Waals surface area contributed by atoms with Gasteiger partial charge in [0.25, 0.3) is 0 Å². The third-order valence-corrected chi connectivity index (χ3v) is 11.3. The second kappa shape index (κ2) is 32.6. The Hall–Kier alpha value is -4.11. The quantitative estimate of drug-likeness (QED) is 0.0760. The first-order chi connectivity index (χ1) is 28.5. The third-order valence-electron chi connectivity index (χ3n) is 11.3. The average molecular weight is 819 g/mol. The molecule has 1 aromatic carbocycles. The maximum atomic E-state index is 11.2. The van der Waals surface area contributed by atoms with Crippen LogP contribution in [0, 0.1) is 0 Å². The first-order valence-electron chi connectivity index (χ1n) is 23.1. The zero-order chi connectivity index (χ0) is 44.7. The van der Waals surface area contributed by atoms with E-state index in [1.165, 1.54) is 87.1 Å². The standard InChI is InChI=1S/C57H86O3/c1-44(2)21-12-22-45(3)23-13-24-46(4)25-14-26-47(5)27-15-28-48(6)29-16-30-49(7)31-17-32-50(8)33-18-34-51(9)35-19-36-52(10)37-20-38-53(11)39-40-54-43-55(57(59)60)41-42-56(54)58/h21,23,25,27,29,31,33,35,37,39,41-43,58H,12-20,22,24,26,28,30,32,34,36,38,40H2,1-11H3,(H,59,60)/b45-23+,46-25+,47-27+,48-29+,49-31+,50-33+,51-35+,52-37+,53-39+. The second-order valence-corrected chi connectivity index (χ2v) is 17.9. The van der Waals surface area contributed by atoms with Crippen molar-refractivity contribution >= 4 is 5.97 Å². The van der Waals surface area contributed by atoms with Crippen molar-refractivity contribution in [1.29, 1.82) is 0 Å². The van der Waals surface area contributed by atoms with E-state index in [4.69, 9.17) is 0 Å². The molecule has 3 nitrogen and oxygen atoms in total. The maximum absolute atomic E-state index is 11.2. The largest absolute Gasteiger partial charge is 0.508 e. The van der Waals surface area contributed by atoms with Gasteiger partial charge in [-0.05, 0) is 222 Å². The number of hydrogen-bond acceptors (Lipinski definition) is 2. The first kappa shape index (κ1) is 53.9. The molecule has 0 radical (unpaired) electrons. The molecule has 2 N–H and O–H groups in total. The van der Waals surface area contributed by atoms with Crippen LogP contribution in [0.3, 0.4) is 0 Å². The average Bonchev–Trinajstić information content (AvgIpc) is 3.17. The number of rotatable bonds is 30. The molecular weight excluding hydrogens is 733 g/mol. The van der Waals surface area contributed by atoms with Crippen LogP contribution in [0.5, 0.6) is 5.75 Å². The molecule has 0 saturated carbocycles. The Bertz CT molecular complexity index is 1750. The molecule has 0 amide bonds. The van der Waals surface area contributed by atoms with E-state index in [-0.39, 0.29) is 11.3 Å². The molecule has 0 fully saturated rings. The van der Waals surface area contributed by atoms with E-state index in [1.807, 2.05) is 0 Å². The Morgan fingerprint density at radius 1 is 0.400 bits per heavy atom. The van der Waals surface area contributed by atoms with Gasteiger partial charge in [-0.1, -0.05) is 116 Å². The summed E-state index contributed by atoms with van der Waals surface area (Å²) in [5.41, 5.74) is 15.5. The van der Waals surface area contributed by atoms with Crippen molar-refractivity contribution < 1.29 is 15.0 Å². The summed E-state index contributed by atoms with van der Waals surface area (Å²) in [6.45, 7) is 24.7. The molecule has 0 bridgehead atoms. The van der Waals surface area contributed by atoms with Crippen molar-refractivity contribution in [3.05, 3.63) is 146 Å². The molecule has 0 aliphatic carbocycles. The number of carbonyl (C=O) groups is 1. The van der Waals surface area contributed by atoms with Crippen LogP contribution in [0.2, 0.25) is 0 Å². The highest BCUT2D eigenvalue weighted by atomic mass is 16.4. The van der Waals surface area contributed by atoms with Gasteiger partial charge in [-0.2, -0.15) is 0 Å². The lowest BCUT2D eigenvalue weighted by molar-refractivity contribution is 0.0696. The van der Waals surface area contributed by atoms with Crippen LogP contribution in [-0.4, -0.2) is 16.2 Å². The monoisotopic (exact) mass is 819 g/mol. The lowest BCUT2D eigenvalue weighted by Crippen LogP contribution is -1.97. The molecule has 60 heavy (non-hydrogen) atoms. The van der Waals surface area contributed by atoms with E-state index < -0.39 is 5.97 Å². The van der Waals surface area contributed by atoms with Gasteiger partial charge in [0.1, 0.15) is 5.75 Å². The second-order valence-electron chi connectivity index (χ2n) is 17.9. The predicted octanol–water partition coefficient (Wildman–Crippen LogP) is 18.1. The van der Waals surface area contributed by atoms with Gasteiger partial charge < -0.3 is 10.2 Å². The molecule has 1 aromatic rings. The third kappa shape index (κ3) is 29.2. The summed E-state index contributed by atoms with van der Waals surface area (Å²) in [4.78, 5) is 11.2. The number of phenols is 1. The highest BCUT2D eigenvalue weighted by Gasteiger charge is 2.07. The van der Waals surface area contributed by atoms with Crippen molar-refractivity contribution in [2.24, 2.45) is 0 Å².